The van der Waals surface area contributed by atoms with E-state index in [1.807, 2.05) is 84.6 Å². The van der Waals surface area contributed by atoms with Crippen LogP contribution in [0.1, 0.15) is 34.2 Å². The van der Waals surface area contributed by atoms with Crippen LogP contribution in [0.25, 0.3) is 21.5 Å². The Kier molecular flexibility index (Phi) is 10.7. The minimum Gasteiger partial charge on any atom is -0.494 e. The van der Waals surface area contributed by atoms with Crippen LogP contribution in [0.15, 0.2) is 180 Å². The minimum atomic E-state index is -0.410. The van der Waals surface area contributed by atoms with Gasteiger partial charge in [-0.15, -0.1) is 0 Å². The van der Waals surface area contributed by atoms with E-state index in [9.17, 15) is 10.1 Å². The van der Waals surface area contributed by atoms with Crippen molar-refractivity contribution in [2.45, 2.75) is 22.8 Å². The second-order valence-electron chi connectivity index (χ2n) is 14.0. The minimum absolute atomic E-state index is 0.0564. The third-order valence-electron chi connectivity index (χ3n) is 10.2. The molecule has 284 valence electrons. The van der Waals surface area contributed by atoms with E-state index >= 15 is 0 Å². The van der Waals surface area contributed by atoms with E-state index in [-0.39, 0.29) is 5.69 Å². The molecule has 0 fully saturated rings. The van der Waals surface area contributed by atoms with Gasteiger partial charge in [-0.2, -0.15) is 0 Å². The first-order chi connectivity index (χ1) is 29.1. The normalized spacial score (nSPS) is 11.4. The quantitative estimate of drug-likeness (QED) is 0.0477. The zero-order chi connectivity index (χ0) is 40.0. The Morgan fingerprint density at radius 2 is 0.983 bits per heavy atom. The lowest BCUT2D eigenvalue weighted by molar-refractivity contribution is -0.384. The van der Waals surface area contributed by atoms with Crippen molar-refractivity contribution in [1.29, 1.82) is 0 Å². The van der Waals surface area contributed by atoms with Crippen molar-refractivity contribution in [2.75, 3.05) is 18.1 Å². The fourth-order valence-corrected chi connectivity index (χ4v) is 8.35. The number of rotatable bonds is 9. The molecule has 1 aliphatic rings. The average molecular weight is 785 g/mol. The highest BCUT2D eigenvalue weighted by Crippen LogP contribution is 2.47. The maximum atomic E-state index is 10.9. The van der Waals surface area contributed by atoms with E-state index in [1.54, 1.807) is 12.1 Å². The second-order valence-corrected chi connectivity index (χ2v) is 15.1. The van der Waals surface area contributed by atoms with Crippen molar-refractivity contribution >= 4 is 50.4 Å². The molecule has 9 rings (SSSR count). The average Bonchev–Trinajstić information content (AvgIpc) is 3.28. The standard InChI is InChI=1S/C52H36N2O4S/c55-54(56)40-26-18-39(19-27-40)36-58-42-30-22-38(23-31-42)25-33-48-45-12-3-1-10-43(45)47(44-11-2-4-13-46(44)48)32-24-37-20-28-41(29-21-37)57-35-9-34-53-49-14-5-7-16-51(49)59-52-17-8-6-15-50(52)53/h1-8,10-23,26-31H,9,34-36H2. The number of ether oxygens (including phenoxy) is 2. The topological polar surface area (TPSA) is 64.8 Å². The van der Waals surface area contributed by atoms with Crippen LogP contribution < -0.4 is 14.4 Å². The zero-order valence-electron chi connectivity index (χ0n) is 31.9. The predicted molar refractivity (Wildman–Crippen MR) is 238 cm³/mol. The second kappa shape index (κ2) is 17.0. The summed E-state index contributed by atoms with van der Waals surface area (Å²) >= 11 is 1.83. The Morgan fingerprint density at radius 1 is 0.525 bits per heavy atom. The molecule has 0 aromatic heterocycles. The van der Waals surface area contributed by atoms with E-state index in [4.69, 9.17) is 9.47 Å². The van der Waals surface area contributed by atoms with Gasteiger partial charge >= 0.3 is 0 Å². The fourth-order valence-electron chi connectivity index (χ4n) is 7.25. The van der Waals surface area contributed by atoms with Gasteiger partial charge < -0.3 is 14.4 Å². The molecule has 0 atom stereocenters. The lowest BCUT2D eigenvalue weighted by Gasteiger charge is -2.32. The molecule has 7 heteroatoms. The number of para-hydroxylation sites is 2. The van der Waals surface area contributed by atoms with Gasteiger partial charge in [-0.05, 0) is 118 Å². The van der Waals surface area contributed by atoms with Crippen molar-refractivity contribution in [3.8, 4) is 35.2 Å². The molecule has 59 heavy (non-hydrogen) atoms. The molecule has 0 aliphatic carbocycles. The molecule has 0 radical (unpaired) electrons. The van der Waals surface area contributed by atoms with Crippen LogP contribution in [-0.2, 0) is 6.61 Å². The summed E-state index contributed by atoms with van der Waals surface area (Å²) in [6.45, 7) is 1.78. The van der Waals surface area contributed by atoms with Crippen LogP contribution in [0.3, 0.4) is 0 Å². The molecule has 0 saturated heterocycles. The van der Waals surface area contributed by atoms with Gasteiger partial charge in [0.05, 0.1) is 22.9 Å². The lowest BCUT2D eigenvalue weighted by atomic mass is 9.92. The van der Waals surface area contributed by atoms with Gasteiger partial charge in [0.1, 0.15) is 18.1 Å². The molecule has 8 aromatic rings. The van der Waals surface area contributed by atoms with Gasteiger partial charge in [0.15, 0.2) is 0 Å². The van der Waals surface area contributed by atoms with E-state index in [0.717, 1.165) is 68.1 Å². The number of nitro groups is 1. The van der Waals surface area contributed by atoms with E-state index in [2.05, 4.69) is 101 Å². The first-order valence-electron chi connectivity index (χ1n) is 19.4. The van der Waals surface area contributed by atoms with Crippen molar-refractivity contribution in [1.82, 2.24) is 0 Å². The molecule has 1 heterocycles. The summed E-state index contributed by atoms with van der Waals surface area (Å²) in [6.07, 6.45) is 0.879. The number of nitrogens with zero attached hydrogens (tertiary/aromatic N) is 2. The highest BCUT2D eigenvalue weighted by molar-refractivity contribution is 7.99. The molecule has 0 saturated carbocycles. The summed E-state index contributed by atoms with van der Waals surface area (Å²) in [7, 11) is 0. The summed E-state index contributed by atoms with van der Waals surface area (Å²) in [5, 5.41) is 15.1. The summed E-state index contributed by atoms with van der Waals surface area (Å²) in [5.74, 6) is 15.3. The number of non-ortho nitro benzene ring substituents is 1. The molecule has 0 N–H and O–H groups in total. The van der Waals surface area contributed by atoms with Crippen LogP contribution >= 0.6 is 11.8 Å². The summed E-state index contributed by atoms with van der Waals surface area (Å²) in [6, 6.07) is 55.9. The Hall–Kier alpha value is -7.45. The Balaban J connectivity index is 0.887. The molecule has 0 bridgehead atoms. The van der Waals surface area contributed by atoms with Crippen molar-refractivity contribution in [2.24, 2.45) is 0 Å². The molecule has 0 amide bonds. The number of benzene rings is 8. The monoisotopic (exact) mass is 784 g/mol. The Morgan fingerprint density at radius 3 is 1.47 bits per heavy atom. The summed E-state index contributed by atoms with van der Waals surface area (Å²) in [5.41, 5.74) is 7.09. The molecular weight excluding hydrogens is 749 g/mol. The lowest BCUT2D eigenvalue weighted by Crippen LogP contribution is -2.23. The first-order valence-corrected chi connectivity index (χ1v) is 20.2. The molecule has 0 spiro atoms. The van der Waals surface area contributed by atoms with E-state index in [0.29, 0.717) is 19.0 Å². The SMILES string of the molecule is O=[N+]([O-])c1ccc(COc2ccc(C#Cc3c4ccccc4c(C#Cc4ccc(OCCCN5c6ccccc6Sc6ccccc65)cc4)c4ccccc34)cc2)cc1. The van der Waals surface area contributed by atoms with Gasteiger partial charge in [0.25, 0.3) is 5.69 Å². The maximum absolute atomic E-state index is 10.9. The van der Waals surface area contributed by atoms with E-state index < -0.39 is 4.92 Å². The number of hydrogen-bond acceptors (Lipinski definition) is 6. The predicted octanol–water partition coefficient (Wildman–Crippen LogP) is 12.4. The third kappa shape index (κ3) is 8.20. The fraction of sp³-hybridized carbons (Fsp3) is 0.0769. The smallest absolute Gasteiger partial charge is 0.269 e. The van der Waals surface area contributed by atoms with Crippen molar-refractivity contribution in [3.63, 3.8) is 0 Å². The molecule has 0 unspecified atom stereocenters. The van der Waals surface area contributed by atoms with Gasteiger partial charge in [0, 0.05) is 50.7 Å². The molecule has 8 aromatic carbocycles. The van der Waals surface area contributed by atoms with Crippen molar-refractivity contribution in [3.05, 3.63) is 208 Å². The molecule has 1 aliphatic heterocycles. The Bertz CT molecular complexity index is 2860. The van der Waals surface area contributed by atoms with Gasteiger partial charge in [-0.3, -0.25) is 10.1 Å². The van der Waals surface area contributed by atoms with Crippen LogP contribution in [0.2, 0.25) is 0 Å². The summed E-state index contributed by atoms with van der Waals surface area (Å²) < 4.78 is 12.1. The number of hydrogen-bond donors (Lipinski definition) is 0. The highest BCUT2D eigenvalue weighted by Gasteiger charge is 2.22. The Labute approximate surface area is 347 Å². The first kappa shape index (κ1) is 37.1. The van der Waals surface area contributed by atoms with E-state index in [1.165, 1.54) is 33.3 Å². The van der Waals surface area contributed by atoms with Crippen LogP contribution in [0.4, 0.5) is 17.1 Å². The van der Waals surface area contributed by atoms with Crippen LogP contribution in [-0.4, -0.2) is 18.1 Å². The number of nitro benzene ring substituents is 1. The maximum Gasteiger partial charge on any atom is 0.269 e. The third-order valence-corrected chi connectivity index (χ3v) is 11.3. The molecule has 6 nitrogen and oxygen atoms in total. The van der Waals surface area contributed by atoms with Crippen LogP contribution in [0.5, 0.6) is 11.5 Å². The highest BCUT2D eigenvalue weighted by atomic mass is 32.2. The number of fused-ring (bicyclic) bond motifs is 4. The van der Waals surface area contributed by atoms with Crippen LogP contribution in [0, 0.1) is 33.8 Å². The largest absolute Gasteiger partial charge is 0.494 e. The summed E-state index contributed by atoms with van der Waals surface area (Å²) in [4.78, 5) is 15.5. The van der Waals surface area contributed by atoms with Gasteiger partial charge in [0.2, 0.25) is 0 Å². The number of anilines is 2. The van der Waals surface area contributed by atoms with Gasteiger partial charge in [-0.25, -0.2) is 0 Å². The molecular formula is C52H36N2O4S. The van der Waals surface area contributed by atoms with Crippen molar-refractivity contribution < 1.29 is 14.4 Å². The van der Waals surface area contributed by atoms with Gasteiger partial charge in [-0.1, -0.05) is 108 Å². The zero-order valence-corrected chi connectivity index (χ0v) is 32.7.